The maximum atomic E-state index is 12.8. The molecular formula is C17H29N7O6. The highest BCUT2D eigenvalue weighted by Gasteiger charge is 2.28. The van der Waals surface area contributed by atoms with Gasteiger partial charge in [-0.15, -0.1) is 0 Å². The fourth-order valence-electron chi connectivity index (χ4n) is 2.51. The number of aliphatic hydroxyl groups is 1. The van der Waals surface area contributed by atoms with Crippen LogP contribution in [0.1, 0.15) is 25.0 Å². The minimum atomic E-state index is -1.22. The number of imidazole rings is 1. The van der Waals surface area contributed by atoms with Crippen molar-refractivity contribution in [2.75, 3.05) is 19.7 Å². The molecule has 3 amide bonds. The summed E-state index contributed by atoms with van der Waals surface area (Å²) in [5.74, 6) is -3.31. The number of amides is 3. The molecule has 0 fully saturated rings. The number of nitrogens with two attached hydrogens (primary N) is 2. The molecule has 0 spiro atoms. The summed E-state index contributed by atoms with van der Waals surface area (Å²) in [5, 5.41) is 25.0. The first-order valence-electron chi connectivity index (χ1n) is 9.42. The van der Waals surface area contributed by atoms with E-state index in [0.29, 0.717) is 25.1 Å². The zero-order valence-electron chi connectivity index (χ0n) is 16.5. The Balaban J connectivity index is 2.90. The Bertz CT molecular complexity index is 697. The first-order valence-corrected chi connectivity index (χ1v) is 9.42. The topological polar surface area (TPSA) is 226 Å². The number of aliphatic carboxylic acids is 1. The van der Waals surface area contributed by atoms with E-state index in [1.165, 1.54) is 12.5 Å². The van der Waals surface area contributed by atoms with Crippen LogP contribution < -0.4 is 27.4 Å². The lowest BCUT2D eigenvalue weighted by atomic mass is 10.1. The second kappa shape index (κ2) is 13.2. The highest BCUT2D eigenvalue weighted by atomic mass is 16.4. The molecule has 13 heteroatoms. The molecule has 0 aliphatic heterocycles. The van der Waals surface area contributed by atoms with E-state index in [-0.39, 0.29) is 12.8 Å². The molecule has 0 aliphatic carbocycles. The highest BCUT2D eigenvalue weighted by Crippen LogP contribution is 2.04. The third-order valence-corrected chi connectivity index (χ3v) is 4.14. The van der Waals surface area contributed by atoms with Crippen molar-refractivity contribution in [3.8, 4) is 0 Å². The van der Waals surface area contributed by atoms with Crippen LogP contribution in [0.2, 0.25) is 0 Å². The molecule has 10 N–H and O–H groups in total. The molecule has 1 aromatic heterocycles. The molecule has 1 rings (SSSR count). The van der Waals surface area contributed by atoms with Crippen molar-refractivity contribution in [1.29, 1.82) is 0 Å². The van der Waals surface area contributed by atoms with Gasteiger partial charge in [0.25, 0.3) is 0 Å². The Morgan fingerprint density at radius 1 is 1.10 bits per heavy atom. The molecular weight excluding hydrogens is 398 g/mol. The van der Waals surface area contributed by atoms with Crippen molar-refractivity contribution in [2.24, 2.45) is 11.5 Å². The number of rotatable bonds is 14. The van der Waals surface area contributed by atoms with Crippen molar-refractivity contribution in [2.45, 2.75) is 43.8 Å². The number of hydrogen-bond donors (Lipinski definition) is 8. The van der Waals surface area contributed by atoms with Gasteiger partial charge < -0.3 is 42.6 Å². The Labute approximate surface area is 173 Å². The number of aromatic nitrogens is 2. The molecule has 3 atom stereocenters. The number of carbonyl (C=O) groups excluding carboxylic acids is 3. The molecule has 0 bridgehead atoms. The van der Waals surface area contributed by atoms with Crippen molar-refractivity contribution < 1.29 is 29.4 Å². The lowest BCUT2D eigenvalue weighted by Gasteiger charge is -2.23. The van der Waals surface area contributed by atoms with Crippen LogP contribution in [-0.4, -0.2) is 81.7 Å². The molecule has 0 aromatic carbocycles. The monoisotopic (exact) mass is 427 g/mol. The maximum absolute atomic E-state index is 12.8. The third kappa shape index (κ3) is 8.98. The second-order valence-electron chi connectivity index (χ2n) is 6.59. The van der Waals surface area contributed by atoms with Crippen LogP contribution in [0, 0.1) is 0 Å². The number of nitrogens with one attached hydrogen (secondary N) is 4. The number of aliphatic hydroxyl groups excluding tert-OH is 1. The van der Waals surface area contributed by atoms with Crippen molar-refractivity contribution in [3.63, 3.8) is 0 Å². The summed E-state index contributed by atoms with van der Waals surface area (Å²) in [7, 11) is 0. The van der Waals surface area contributed by atoms with Gasteiger partial charge in [0.15, 0.2) is 0 Å². The van der Waals surface area contributed by atoms with Crippen LogP contribution >= 0.6 is 0 Å². The van der Waals surface area contributed by atoms with Crippen molar-refractivity contribution in [3.05, 3.63) is 18.2 Å². The summed E-state index contributed by atoms with van der Waals surface area (Å²) in [6.07, 6.45) is 4.27. The summed E-state index contributed by atoms with van der Waals surface area (Å²) in [5.41, 5.74) is 11.5. The van der Waals surface area contributed by atoms with E-state index in [1.54, 1.807) is 0 Å². The lowest BCUT2D eigenvalue weighted by Crippen LogP contribution is -2.57. The predicted octanol–water partition coefficient (Wildman–Crippen LogP) is -3.43. The van der Waals surface area contributed by atoms with Crippen molar-refractivity contribution in [1.82, 2.24) is 25.9 Å². The number of carboxylic acid groups (broad SMARTS) is 1. The third-order valence-electron chi connectivity index (χ3n) is 4.14. The molecule has 3 unspecified atom stereocenters. The molecule has 13 nitrogen and oxygen atoms in total. The highest BCUT2D eigenvalue weighted by molar-refractivity contribution is 5.93. The van der Waals surface area contributed by atoms with Gasteiger partial charge in [-0.2, -0.15) is 0 Å². The van der Waals surface area contributed by atoms with E-state index in [2.05, 4.69) is 25.9 Å². The van der Waals surface area contributed by atoms with Crippen LogP contribution in [0.5, 0.6) is 0 Å². The minimum absolute atomic E-state index is 0.0297. The number of nitrogens with zero attached hydrogens (tertiary/aromatic N) is 1. The molecule has 0 aliphatic rings. The summed E-state index contributed by atoms with van der Waals surface area (Å²) >= 11 is 0. The molecule has 168 valence electrons. The normalized spacial score (nSPS) is 13.7. The Hall–Kier alpha value is -3.03. The van der Waals surface area contributed by atoms with Gasteiger partial charge in [0.05, 0.1) is 12.9 Å². The number of carboxylic acids is 1. The fourth-order valence-corrected chi connectivity index (χ4v) is 2.51. The minimum Gasteiger partial charge on any atom is -0.480 e. The average Bonchev–Trinajstić information content (AvgIpc) is 3.23. The smallest absolute Gasteiger partial charge is 0.322 e. The number of hydrogen-bond acceptors (Lipinski definition) is 8. The van der Waals surface area contributed by atoms with Gasteiger partial charge in [-0.3, -0.25) is 19.2 Å². The van der Waals surface area contributed by atoms with E-state index >= 15 is 0 Å². The number of aromatic amines is 1. The SMILES string of the molecule is NCCCCC(NC(=O)C(Cc1cnc[nH]1)NC(=O)C(N)CO)C(=O)NCC(=O)O. The summed E-state index contributed by atoms with van der Waals surface area (Å²) < 4.78 is 0. The van der Waals surface area contributed by atoms with E-state index in [0.717, 1.165) is 0 Å². The second-order valence-corrected chi connectivity index (χ2v) is 6.59. The van der Waals surface area contributed by atoms with E-state index in [4.69, 9.17) is 21.7 Å². The van der Waals surface area contributed by atoms with Crippen LogP contribution in [0.15, 0.2) is 12.5 Å². The van der Waals surface area contributed by atoms with E-state index in [9.17, 15) is 19.2 Å². The standard InChI is InChI=1S/C17H29N7O6/c18-4-2-1-3-12(16(29)21-7-14(26)27)23-17(30)13(5-10-6-20-9-22-10)24-15(28)11(19)8-25/h6,9,11-13,25H,1-5,7-8,18-19H2,(H,20,22)(H,21,29)(H,23,30)(H,24,28)(H,26,27). The van der Waals surface area contributed by atoms with E-state index < -0.39 is 55.0 Å². The van der Waals surface area contributed by atoms with Gasteiger partial charge in [0.2, 0.25) is 17.7 Å². The van der Waals surface area contributed by atoms with Crippen molar-refractivity contribution >= 4 is 23.7 Å². The zero-order valence-corrected chi connectivity index (χ0v) is 16.5. The quantitative estimate of drug-likeness (QED) is 0.138. The first-order chi connectivity index (χ1) is 14.3. The molecule has 1 heterocycles. The average molecular weight is 427 g/mol. The molecule has 0 saturated carbocycles. The molecule has 0 saturated heterocycles. The predicted molar refractivity (Wildman–Crippen MR) is 105 cm³/mol. The maximum Gasteiger partial charge on any atom is 0.322 e. The van der Waals surface area contributed by atoms with Gasteiger partial charge in [0.1, 0.15) is 24.7 Å². The number of carbonyl (C=O) groups is 4. The largest absolute Gasteiger partial charge is 0.480 e. The fraction of sp³-hybridized carbons (Fsp3) is 0.588. The Morgan fingerprint density at radius 2 is 1.80 bits per heavy atom. The molecule has 0 radical (unpaired) electrons. The van der Waals surface area contributed by atoms with Crippen LogP contribution in [0.3, 0.4) is 0 Å². The summed E-state index contributed by atoms with van der Waals surface area (Å²) in [6, 6.07) is -3.35. The number of unbranched alkanes of at least 4 members (excludes halogenated alkanes) is 1. The van der Waals surface area contributed by atoms with Gasteiger partial charge in [0, 0.05) is 18.3 Å². The van der Waals surface area contributed by atoms with Gasteiger partial charge >= 0.3 is 5.97 Å². The summed E-state index contributed by atoms with van der Waals surface area (Å²) in [6.45, 7) is -0.805. The number of H-pyrrole nitrogens is 1. The molecule has 1 aromatic rings. The van der Waals surface area contributed by atoms with E-state index in [1.807, 2.05) is 0 Å². The van der Waals surface area contributed by atoms with Crippen LogP contribution in [-0.2, 0) is 25.6 Å². The van der Waals surface area contributed by atoms with Crippen LogP contribution in [0.4, 0.5) is 0 Å². The van der Waals surface area contributed by atoms with Gasteiger partial charge in [-0.25, -0.2) is 4.98 Å². The van der Waals surface area contributed by atoms with Gasteiger partial charge in [-0.1, -0.05) is 0 Å². The Kier molecular flexibility index (Phi) is 11.0. The summed E-state index contributed by atoms with van der Waals surface area (Å²) in [4.78, 5) is 54.6. The lowest BCUT2D eigenvalue weighted by molar-refractivity contribution is -0.138. The van der Waals surface area contributed by atoms with Gasteiger partial charge in [-0.05, 0) is 25.8 Å². The zero-order chi connectivity index (χ0) is 22.5. The first kappa shape index (κ1) is 25.0. The molecule has 30 heavy (non-hydrogen) atoms. The Morgan fingerprint density at radius 3 is 2.37 bits per heavy atom. The van der Waals surface area contributed by atoms with Crippen LogP contribution in [0.25, 0.3) is 0 Å².